The van der Waals surface area contributed by atoms with Crippen molar-refractivity contribution >= 4 is 34.6 Å². The van der Waals surface area contributed by atoms with Gasteiger partial charge in [0, 0.05) is 12.5 Å². The van der Waals surface area contributed by atoms with Gasteiger partial charge in [0.05, 0.1) is 18.5 Å². The first-order chi connectivity index (χ1) is 8.56. The maximum atomic E-state index is 11.6. The normalized spacial score (nSPS) is 9.67. The van der Waals surface area contributed by atoms with Crippen LogP contribution >= 0.6 is 12.2 Å². The van der Waals surface area contributed by atoms with Gasteiger partial charge in [-0.1, -0.05) is 6.92 Å². The summed E-state index contributed by atoms with van der Waals surface area (Å²) in [5.41, 5.74) is 6.69. The van der Waals surface area contributed by atoms with E-state index in [1.54, 1.807) is 25.3 Å². The summed E-state index contributed by atoms with van der Waals surface area (Å²) in [7, 11) is 1.56. The predicted octanol–water partition coefficient (Wildman–Crippen LogP) is 2.09. The largest absolute Gasteiger partial charge is 0.497 e. The third kappa shape index (κ3) is 4.21. The molecule has 5 nitrogen and oxygen atoms in total. The fourth-order valence-electron chi connectivity index (χ4n) is 1.44. The molecule has 1 rings (SSSR count). The van der Waals surface area contributed by atoms with E-state index in [0.29, 0.717) is 23.5 Å². The molecule has 0 aliphatic rings. The SMILES string of the molecule is CCCC(=O)Nc1ccc(OC)cc1NC(N)=S. The number of hydrogen-bond acceptors (Lipinski definition) is 3. The third-order valence-electron chi connectivity index (χ3n) is 2.24. The van der Waals surface area contributed by atoms with E-state index in [9.17, 15) is 4.79 Å². The summed E-state index contributed by atoms with van der Waals surface area (Å²) in [5, 5.41) is 5.74. The minimum atomic E-state index is -0.0475. The number of methoxy groups -OCH3 is 1. The maximum Gasteiger partial charge on any atom is 0.224 e. The lowest BCUT2D eigenvalue weighted by Crippen LogP contribution is -2.21. The zero-order valence-corrected chi connectivity index (χ0v) is 11.3. The number of thiocarbonyl (C=S) groups is 1. The van der Waals surface area contributed by atoms with Crippen LogP contribution in [0.25, 0.3) is 0 Å². The van der Waals surface area contributed by atoms with Crippen LogP contribution in [0.3, 0.4) is 0 Å². The molecule has 0 bridgehead atoms. The van der Waals surface area contributed by atoms with Crippen molar-refractivity contribution in [2.24, 2.45) is 5.73 Å². The highest BCUT2D eigenvalue weighted by atomic mass is 32.1. The molecule has 0 saturated heterocycles. The number of nitrogens with one attached hydrogen (secondary N) is 2. The molecular weight excluding hydrogens is 250 g/mol. The molecule has 0 saturated carbocycles. The molecule has 0 aliphatic carbocycles. The number of rotatable bonds is 5. The smallest absolute Gasteiger partial charge is 0.224 e. The van der Waals surface area contributed by atoms with E-state index in [2.05, 4.69) is 10.6 Å². The summed E-state index contributed by atoms with van der Waals surface area (Å²) < 4.78 is 5.11. The Hall–Kier alpha value is -1.82. The van der Waals surface area contributed by atoms with Crippen molar-refractivity contribution in [3.8, 4) is 5.75 Å². The lowest BCUT2D eigenvalue weighted by molar-refractivity contribution is -0.116. The molecule has 18 heavy (non-hydrogen) atoms. The van der Waals surface area contributed by atoms with E-state index < -0.39 is 0 Å². The molecular formula is C12H17N3O2S. The number of hydrogen-bond donors (Lipinski definition) is 3. The number of ether oxygens (including phenoxy) is 1. The Kier molecular flexibility index (Phi) is 5.38. The van der Waals surface area contributed by atoms with Gasteiger partial charge >= 0.3 is 0 Å². The van der Waals surface area contributed by atoms with Crippen molar-refractivity contribution in [3.63, 3.8) is 0 Å². The number of carbonyl (C=O) groups is 1. The van der Waals surface area contributed by atoms with Gasteiger partial charge in [0.1, 0.15) is 5.75 Å². The fourth-order valence-corrected chi connectivity index (χ4v) is 1.55. The van der Waals surface area contributed by atoms with Crippen LogP contribution in [0.1, 0.15) is 19.8 Å². The summed E-state index contributed by atoms with van der Waals surface area (Å²) in [6.07, 6.45) is 1.26. The van der Waals surface area contributed by atoms with Crippen LogP contribution in [0.2, 0.25) is 0 Å². The Morgan fingerprint density at radius 1 is 1.39 bits per heavy atom. The minimum absolute atomic E-state index is 0.0475. The van der Waals surface area contributed by atoms with Crippen molar-refractivity contribution < 1.29 is 9.53 Å². The highest BCUT2D eigenvalue weighted by molar-refractivity contribution is 7.80. The number of benzene rings is 1. The van der Waals surface area contributed by atoms with Gasteiger partial charge in [0.25, 0.3) is 0 Å². The molecule has 4 N–H and O–H groups in total. The van der Waals surface area contributed by atoms with Crippen molar-refractivity contribution in [1.29, 1.82) is 0 Å². The number of anilines is 2. The van der Waals surface area contributed by atoms with Crippen molar-refractivity contribution in [1.82, 2.24) is 0 Å². The molecule has 98 valence electrons. The van der Waals surface area contributed by atoms with E-state index >= 15 is 0 Å². The van der Waals surface area contributed by atoms with Crippen molar-refractivity contribution in [3.05, 3.63) is 18.2 Å². The third-order valence-corrected chi connectivity index (χ3v) is 2.34. The lowest BCUT2D eigenvalue weighted by atomic mass is 10.2. The van der Waals surface area contributed by atoms with Gasteiger partial charge in [0.15, 0.2) is 5.11 Å². The molecule has 0 heterocycles. The molecule has 0 unspecified atom stereocenters. The van der Waals surface area contributed by atoms with E-state index in [0.717, 1.165) is 6.42 Å². The Bertz CT molecular complexity index is 449. The Morgan fingerprint density at radius 2 is 2.11 bits per heavy atom. The standard InChI is InChI=1S/C12H17N3O2S/c1-3-4-11(16)14-9-6-5-8(17-2)7-10(9)15-12(13)18/h5-7H,3-4H2,1-2H3,(H,14,16)(H3,13,15,18). The van der Waals surface area contributed by atoms with E-state index in [-0.39, 0.29) is 11.0 Å². The quantitative estimate of drug-likeness (QED) is 0.712. The Labute approximate surface area is 112 Å². The van der Waals surface area contributed by atoms with Gasteiger partial charge in [-0.25, -0.2) is 0 Å². The second-order valence-electron chi connectivity index (χ2n) is 3.70. The van der Waals surface area contributed by atoms with Crippen LogP contribution < -0.4 is 21.1 Å². The summed E-state index contributed by atoms with van der Waals surface area (Å²) in [6, 6.07) is 5.22. The van der Waals surface area contributed by atoms with E-state index in [1.165, 1.54) is 0 Å². The first-order valence-electron chi connectivity index (χ1n) is 5.61. The first kappa shape index (κ1) is 14.2. The summed E-state index contributed by atoms with van der Waals surface area (Å²) in [4.78, 5) is 11.6. The predicted molar refractivity (Wildman–Crippen MR) is 76.9 cm³/mol. The Morgan fingerprint density at radius 3 is 2.67 bits per heavy atom. The zero-order valence-electron chi connectivity index (χ0n) is 10.4. The van der Waals surface area contributed by atoms with Gasteiger partial charge < -0.3 is 21.1 Å². The monoisotopic (exact) mass is 267 g/mol. The van der Waals surface area contributed by atoms with Crippen LogP contribution in [-0.2, 0) is 4.79 Å². The van der Waals surface area contributed by atoms with Gasteiger partial charge in [-0.15, -0.1) is 0 Å². The fraction of sp³-hybridized carbons (Fsp3) is 0.333. The highest BCUT2D eigenvalue weighted by Gasteiger charge is 2.08. The maximum absolute atomic E-state index is 11.6. The average molecular weight is 267 g/mol. The Balaban J connectivity index is 2.94. The highest BCUT2D eigenvalue weighted by Crippen LogP contribution is 2.27. The molecule has 0 radical (unpaired) electrons. The zero-order chi connectivity index (χ0) is 13.5. The van der Waals surface area contributed by atoms with Crippen LogP contribution in [0, 0.1) is 0 Å². The van der Waals surface area contributed by atoms with E-state index in [4.69, 9.17) is 22.7 Å². The van der Waals surface area contributed by atoms with Crippen molar-refractivity contribution in [2.45, 2.75) is 19.8 Å². The van der Waals surface area contributed by atoms with Gasteiger partial charge in [-0.2, -0.15) is 0 Å². The summed E-state index contributed by atoms with van der Waals surface area (Å²) >= 11 is 4.79. The molecule has 1 aromatic carbocycles. The topological polar surface area (TPSA) is 76.4 Å². The molecule has 0 aromatic heterocycles. The molecule has 1 aromatic rings. The van der Waals surface area contributed by atoms with Gasteiger partial charge in [-0.3, -0.25) is 4.79 Å². The number of amides is 1. The number of carbonyl (C=O) groups excluding carboxylic acids is 1. The summed E-state index contributed by atoms with van der Waals surface area (Å²) in [6.45, 7) is 1.95. The van der Waals surface area contributed by atoms with Crippen LogP contribution in [0.15, 0.2) is 18.2 Å². The summed E-state index contributed by atoms with van der Waals surface area (Å²) in [5.74, 6) is 0.607. The molecule has 6 heteroatoms. The lowest BCUT2D eigenvalue weighted by Gasteiger charge is -2.13. The van der Waals surface area contributed by atoms with Crippen LogP contribution in [-0.4, -0.2) is 18.1 Å². The average Bonchev–Trinajstić information content (AvgIpc) is 2.31. The van der Waals surface area contributed by atoms with Gasteiger partial charge in [-0.05, 0) is 30.8 Å². The minimum Gasteiger partial charge on any atom is -0.497 e. The van der Waals surface area contributed by atoms with Crippen LogP contribution in [0.4, 0.5) is 11.4 Å². The van der Waals surface area contributed by atoms with Crippen molar-refractivity contribution in [2.75, 3.05) is 17.7 Å². The second-order valence-corrected chi connectivity index (χ2v) is 4.14. The first-order valence-corrected chi connectivity index (χ1v) is 6.02. The molecule has 0 spiro atoms. The molecule has 0 atom stereocenters. The molecule has 0 fully saturated rings. The molecule has 0 aliphatic heterocycles. The number of nitrogens with two attached hydrogens (primary N) is 1. The van der Waals surface area contributed by atoms with E-state index in [1.807, 2.05) is 6.92 Å². The molecule has 1 amide bonds. The second kappa shape index (κ2) is 6.80. The van der Waals surface area contributed by atoms with Crippen LogP contribution in [0.5, 0.6) is 5.75 Å². The van der Waals surface area contributed by atoms with Gasteiger partial charge in [0.2, 0.25) is 5.91 Å².